The van der Waals surface area contributed by atoms with Gasteiger partial charge in [0.05, 0.1) is 4.92 Å². The van der Waals surface area contributed by atoms with Crippen molar-refractivity contribution in [2.45, 2.75) is 33.6 Å². The molecule has 2 N–H and O–H groups in total. The van der Waals surface area contributed by atoms with Gasteiger partial charge in [-0.05, 0) is 31.9 Å². The van der Waals surface area contributed by atoms with Gasteiger partial charge in [0.25, 0.3) is 0 Å². The number of benzene rings is 1. The zero-order valence-electron chi connectivity index (χ0n) is 13.6. The number of nitrogens with zero attached hydrogens (tertiary/aromatic N) is 3. The van der Waals surface area contributed by atoms with Crippen LogP contribution < -0.4 is 10.6 Å². The van der Waals surface area contributed by atoms with Crippen LogP contribution in [0.2, 0.25) is 0 Å². The number of rotatable bonds is 7. The summed E-state index contributed by atoms with van der Waals surface area (Å²) in [5.41, 5.74) is 2.78. The Kier molecular flexibility index (Phi) is 5.46. The molecule has 0 radical (unpaired) electrons. The lowest BCUT2D eigenvalue weighted by Crippen LogP contribution is -2.09. The predicted octanol–water partition coefficient (Wildman–Crippen LogP) is 3.96. The number of nitro groups is 1. The Morgan fingerprint density at radius 1 is 1.22 bits per heavy atom. The number of unbranched alkanes of at least 4 members (excludes halogenated alkanes) is 1. The summed E-state index contributed by atoms with van der Waals surface area (Å²) in [6, 6.07) is 5.85. The third kappa shape index (κ3) is 4.15. The molecule has 2 rings (SSSR count). The molecule has 1 aromatic carbocycles. The molecular weight excluding hydrogens is 294 g/mol. The van der Waals surface area contributed by atoms with E-state index in [0.717, 1.165) is 29.7 Å². The Labute approximate surface area is 135 Å². The van der Waals surface area contributed by atoms with E-state index in [1.165, 1.54) is 6.33 Å². The van der Waals surface area contributed by atoms with Gasteiger partial charge in [-0.2, -0.15) is 0 Å². The van der Waals surface area contributed by atoms with Crippen molar-refractivity contribution in [2.24, 2.45) is 0 Å². The second-order valence-electron chi connectivity index (χ2n) is 5.40. The van der Waals surface area contributed by atoms with Crippen LogP contribution in [0.1, 0.15) is 30.9 Å². The topological polar surface area (TPSA) is 93.0 Å². The number of aromatic nitrogens is 2. The first-order chi connectivity index (χ1) is 11.0. The van der Waals surface area contributed by atoms with Crippen molar-refractivity contribution in [3.8, 4) is 0 Å². The van der Waals surface area contributed by atoms with Crippen molar-refractivity contribution in [3.63, 3.8) is 0 Å². The number of hydrogen-bond acceptors (Lipinski definition) is 6. The summed E-state index contributed by atoms with van der Waals surface area (Å²) in [7, 11) is 0. The molecule has 0 saturated carbocycles. The molecule has 1 aromatic heterocycles. The molecule has 0 unspecified atom stereocenters. The van der Waals surface area contributed by atoms with Gasteiger partial charge < -0.3 is 10.6 Å². The minimum Gasteiger partial charge on any atom is -0.364 e. The largest absolute Gasteiger partial charge is 0.364 e. The molecule has 122 valence electrons. The predicted molar refractivity (Wildman–Crippen MR) is 91.3 cm³/mol. The first kappa shape index (κ1) is 16.7. The van der Waals surface area contributed by atoms with E-state index in [9.17, 15) is 10.1 Å². The van der Waals surface area contributed by atoms with Crippen molar-refractivity contribution in [1.82, 2.24) is 9.97 Å². The molecular formula is C16H21N5O2. The van der Waals surface area contributed by atoms with E-state index < -0.39 is 4.92 Å². The molecule has 0 fully saturated rings. The quantitative estimate of drug-likeness (QED) is 0.456. The lowest BCUT2D eigenvalue weighted by molar-refractivity contribution is -0.383. The third-order valence-corrected chi connectivity index (χ3v) is 3.46. The highest BCUT2D eigenvalue weighted by Crippen LogP contribution is 2.32. The monoisotopic (exact) mass is 315 g/mol. The first-order valence-corrected chi connectivity index (χ1v) is 7.60. The van der Waals surface area contributed by atoms with Crippen LogP contribution in [0.15, 0.2) is 24.5 Å². The highest BCUT2D eigenvalue weighted by molar-refractivity contribution is 5.74. The van der Waals surface area contributed by atoms with Crippen LogP contribution in [-0.4, -0.2) is 21.4 Å². The van der Waals surface area contributed by atoms with Crippen molar-refractivity contribution < 1.29 is 4.92 Å². The zero-order valence-corrected chi connectivity index (χ0v) is 13.6. The summed E-state index contributed by atoms with van der Waals surface area (Å²) in [6.07, 6.45) is 3.24. The molecule has 0 aliphatic heterocycles. The second kappa shape index (κ2) is 7.53. The highest BCUT2D eigenvalue weighted by atomic mass is 16.6. The molecule has 0 spiro atoms. The standard InChI is InChI=1S/C16H21N5O2/c1-4-5-8-17-15-14(21(22)23)16(19-10-18-15)20-13-7-6-11(2)9-12(13)3/h6-7,9-10H,4-5,8H2,1-3H3,(H2,17,18,19,20). The van der Waals surface area contributed by atoms with Crippen LogP contribution in [0, 0.1) is 24.0 Å². The Morgan fingerprint density at radius 2 is 1.96 bits per heavy atom. The van der Waals surface area contributed by atoms with Gasteiger partial charge in [-0.25, -0.2) is 9.97 Å². The van der Waals surface area contributed by atoms with Crippen LogP contribution in [0.5, 0.6) is 0 Å². The fourth-order valence-electron chi connectivity index (χ4n) is 2.24. The van der Waals surface area contributed by atoms with E-state index in [1.54, 1.807) is 0 Å². The molecule has 0 bridgehead atoms. The molecule has 1 heterocycles. The Morgan fingerprint density at radius 3 is 2.61 bits per heavy atom. The molecule has 0 aliphatic rings. The van der Waals surface area contributed by atoms with Crippen LogP contribution in [-0.2, 0) is 0 Å². The van der Waals surface area contributed by atoms with Crippen molar-refractivity contribution in [1.29, 1.82) is 0 Å². The van der Waals surface area contributed by atoms with Crippen LogP contribution in [0.4, 0.5) is 23.0 Å². The third-order valence-electron chi connectivity index (χ3n) is 3.46. The van der Waals surface area contributed by atoms with Crippen LogP contribution >= 0.6 is 0 Å². The van der Waals surface area contributed by atoms with E-state index in [-0.39, 0.29) is 17.3 Å². The number of anilines is 3. The fraction of sp³-hybridized carbons (Fsp3) is 0.375. The minimum atomic E-state index is -0.458. The number of nitrogens with one attached hydrogen (secondary N) is 2. The molecule has 23 heavy (non-hydrogen) atoms. The van der Waals surface area contributed by atoms with Crippen molar-refractivity contribution in [3.05, 3.63) is 45.8 Å². The Bertz CT molecular complexity index is 703. The SMILES string of the molecule is CCCCNc1ncnc(Nc2ccc(C)cc2C)c1[N+](=O)[O-]. The normalized spacial score (nSPS) is 10.4. The summed E-state index contributed by atoms with van der Waals surface area (Å²) in [6.45, 7) is 6.64. The summed E-state index contributed by atoms with van der Waals surface area (Å²) in [4.78, 5) is 19.0. The molecule has 2 aromatic rings. The second-order valence-corrected chi connectivity index (χ2v) is 5.40. The number of hydrogen-bond donors (Lipinski definition) is 2. The average molecular weight is 315 g/mol. The van der Waals surface area contributed by atoms with Gasteiger partial charge in [0, 0.05) is 12.2 Å². The van der Waals surface area contributed by atoms with Gasteiger partial charge >= 0.3 is 5.69 Å². The van der Waals surface area contributed by atoms with E-state index in [1.807, 2.05) is 32.0 Å². The molecule has 0 amide bonds. The highest BCUT2D eigenvalue weighted by Gasteiger charge is 2.23. The van der Waals surface area contributed by atoms with E-state index >= 15 is 0 Å². The van der Waals surface area contributed by atoms with Gasteiger partial charge in [-0.3, -0.25) is 10.1 Å². The maximum atomic E-state index is 11.5. The lowest BCUT2D eigenvalue weighted by atomic mass is 10.1. The van der Waals surface area contributed by atoms with Crippen LogP contribution in [0.3, 0.4) is 0 Å². The first-order valence-electron chi connectivity index (χ1n) is 7.60. The van der Waals surface area contributed by atoms with E-state index in [4.69, 9.17) is 0 Å². The molecule has 0 atom stereocenters. The van der Waals surface area contributed by atoms with Crippen molar-refractivity contribution >= 4 is 23.0 Å². The maximum absolute atomic E-state index is 11.5. The van der Waals surface area contributed by atoms with Crippen LogP contribution in [0.25, 0.3) is 0 Å². The molecule has 0 saturated heterocycles. The summed E-state index contributed by atoms with van der Waals surface area (Å²) in [5, 5.41) is 17.5. The van der Waals surface area contributed by atoms with E-state index in [0.29, 0.717) is 6.54 Å². The summed E-state index contributed by atoms with van der Waals surface area (Å²) >= 11 is 0. The molecule has 0 aliphatic carbocycles. The maximum Gasteiger partial charge on any atom is 0.353 e. The fourth-order valence-corrected chi connectivity index (χ4v) is 2.24. The lowest BCUT2D eigenvalue weighted by Gasteiger charge is -2.11. The average Bonchev–Trinajstić information content (AvgIpc) is 2.50. The van der Waals surface area contributed by atoms with Gasteiger partial charge in [-0.15, -0.1) is 0 Å². The van der Waals surface area contributed by atoms with Gasteiger partial charge in [0.15, 0.2) is 0 Å². The molecule has 7 heteroatoms. The smallest absolute Gasteiger partial charge is 0.353 e. The Hall–Kier alpha value is -2.70. The molecule has 7 nitrogen and oxygen atoms in total. The van der Waals surface area contributed by atoms with E-state index in [2.05, 4.69) is 27.5 Å². The van der Waals surface area contributed by atoms with Gasteiger partial charge in [0.1, 0.15) is 6.33 Å². The zero-order chi connectivity index (χ0) is 16.8. The number of aryl methyl sites for hydroxylation is 2. The Balaban J connectivity index is 2.33. The van der Waals surface area contributed by atoms with Gasteiger partial charge in [0.2, 0.25) is 11.6 Å². The van der Waals surface area contributed by atoms with Gasteiger partial charge in [-0.1, -0.05) is 31.0 Å². The van der Waals surface area contributed by atoms with Crippen molar-refractivity contribution in [2.75, 3.05) is 17.2 Å². The minimum absolute atomic E-state index is 0.136. The summed E-state index contributed by atoms with van der Waals surface area (Å²) < 4.78 is 0. The summed E-state index contributed by atoms with van der Waals surface area (Å²) in [5.74, 6) is 0.432.